The first kappa shape index (κ1) is 12.3. The molecule has 0 aliphatic heterocycles. The van der Waals surface area contributed by atoms with Crippen LogP contribution in [-0.4, -0.2) is 9.97 Å². The molecule has 0 saturated carbocycles. The van der Waals surface area contributed by atoms with Crippen molar-refractivity contribution in [1.29, 1.82) is 0 Å². The van der Waals surface area contributed by atoms with Crippen LogP contribution in [0.15, 0.2) is 39.1 Å². The molecule has 1 aromatic heterocycles. The highest BCUT2D eigenvalue weighted by molar-refractivity contribution is 9.10. The van der Waals surface area contributed by atoms with E-state index in [1.165, 1.54) is 23.9 Å². The number of hydrogen-bond acceptors (Lipinski definition) is 4. The minimum atomic E-state index is -0.353. The standard InChI is InChI=1S/C11H9BrFN3S/c1-6-4-15-11(16-5-6)17-10-3-8(13)7(12)2-9(10)14/h2-5H,14H2,1H3. The Kier molecular flexibility index (Phi) is 3.63. The first-order chi connectivity index (χ1) is 8.06. The van der Waals surface area contributed by atoms with Crippen LogP contribution in [0.2, 0.25) is 0 Å². The molecule has 0 bridgehead atoms. The molecule has 0 unspecified atom stereocenters. The van der Waals surface area contributed by atoms with Crippen molar-refractivity contribution in [2.75, 3.05) is 5.73 Å². The van der Waals surface area contributed by atoms with Gasteiger partial charge in [-0.15, -0.1) is 0 Å². The van der Waals surface area contributed by atoms with Crippen molar-refractivity contribution in [2.24, 2.45) is 0 Å². The number of halogens is 2. The van der Waals surface area contributed by atoms with Crippen LogP contribution in [0.25, 0.3) is 0 Å². The summed E-state index contributed by atoms with van der Waals surface area (Å²) in [5, 5.41) is 0.545. The maximum Gasteiger partial charge on any atom is 0.192 e. The van der Waals surface area contributed by atoms with E-state index in [9.17, 15) is 4.39 Å². The van der Waals surface area contributed by atoms with Gasteiger partial charge in [0.1, 0.15) is 5.82 Å². The Labute approximate surface area is 111 Å². The Morgan fingerprint density at radius 3 is 2.59 bits per heavy atom. The molecule has 6 heteroatoms. The average molecular weight is 314 g/mol. The van der Waals surface area contributed by atoms with Gasteiger partial charge in [-0.3, -0.25) is 0 Å². The zero-order valence-corrected chi connectivity index (χ0v) is 11.3. The number of aromatic nitrogens is 2. The van der Waals surface area contributed by atoms with Gasteiger partial charge < -0.3 is 5.73 Å². The molecule has 0 radical (unpaired) electrons. The summed E-state index contributed by atoms with van der Waals surface area (Å²) >= 11 is 4.32. The van der Waals surface area contributed by atoms with Gasteiger partial charge in [0.2, 0.25) is 0 Å². The quantitative estimate of drug-likeness (QED) is 0.682. The second-order valence-electron chi connectivity index (χ2n) is 3.45. The predicted octanol–water partition coefficient (Wildman–Crippen LogP) is 3.42. The molecule has 0 spiro atoms. The second-order valence-corrected chi connectivity index (χ2v) is 5.31. The molecule has 0 fully saturated rings. The molecule has 0 atom stereocenters. The van der Waals surface area contributed by atoms with Gasteiger partial charge in [-0.25, -0.2) is 14.4 Å². The first-order valence-corrected chi connectivity index (χ1v) is 6.38. The van der Waals surface area contributed by atoms with Crippen LogP contribution in [0.4, 0.5) is 10.1 Å². The summed E-state index contributed by atoms with van der Waals surface area (Å²) < 4.78 is 13.7. The van der Waals surface area contributed by atoms with Gasteiger partial charge in [-0.05, 0) is 52.3 Å². The lowest BCUT2D eigenvalue weighted by molar-refractivity contribution is 0.618. The monoisotopic (exact) mass is 313 g/mol. The van der Waals surface area contributed by atoms with E-state index >= 15 is 0 Å². The van der Waals surface area contributed by atoms with E-state index in [2.05, 4.69) is 25.9 Å². The van der Waals surface area contributed by atoms with E-state index in [4.69, 9.17) is 5.73 Å². The maximum absolute atomic E-state index is 13.4. The van der Waals surface area contributed by atoms with E-state index in [-0.39, 0.29) is 5.82 Å². The van der Waals surface area contributed by atoms with Crippen molar-refractivity contribution in [1.82, 2.24) is 9.97 Å². The number of aryl methyl sites for hydroxylation is 1. The molecule has 0 aliphatic carbocycles. The van der Waals surface area contributed by atoms with Crippen LogP contribution in [0, 0.1) is 12.7 Å². The smallest absolute Gasteiger partial charge is 0.192 e. The van der Waals surface area contributed by atoms with Gasteiger partial charge in [-0.2, -0.15) is 0 Å². The molecule has 88 valence electrons. The minimum absolute atomic E-state index is 0.351. The van der Waals surface area contributed by atoms with E-state index < -0.39 is 0 Å². The number of nitrogens with two attached hydrogens (primary N) is 1. The molecule has 1 aromatic carbocycles. The topological polar surface area (TPSA) is 51.8 Å². The fraction of sp³-hybridized carbons (Fsp3) is 0.0909. The number of anilines is 1. The zero-order chi connectivity index (χ0) is 12.4. The Morgan fingerprint density at radius 1 is 1.29 bits per heavy atom. The highest BCUT2D eigenvalue weighted by atomic mass is 79.9. The molecule has 2 rings (SSSR count). The molecular formula is C11H9BrFN3S. The fourth-order valence-corrected chi connectivity index (χ4v) is 2.27. The third kappa shape index (κ3) is 2.95. The summed E-state index contributed by atoms with van der Waals surface area (Å²) in [5.41, 5.74) is 7.26. The van der Waals surface area contributed by atoms with Crippen LogP contribution in [0.3, 0.4) is 0 Å². The zero-order valence-electron chi connectivity index (χ0n) is 8.95. The summed E-state index contributed by atoms with van der Waals surface area (Å²) in [6, 6.07) is 2.90. The van der Waals surface area contributed by atoms with E-state index in [1.807, 2.05) is 6.92 Å². The van der Waals surface area contributed by atoms with Gasteiger partial charge >= 0.3 is 0 Å². The number of hydrogen-bond donors (Lipinski definition) is 1. The first-order valence-electron chi connectivity index (χ1n) is 4.77. The SMILES string of the molecule is Cc1cnc(Sc2cc(F)c(Br)cc2N)nc1. The third-order valence-electron chi connectivity index (χ3n) is 2.01. The van der Waals surface area contributed by atoms with Gasteiger partial charge in [0.25, 0.3) is 0 Å². The molecule has 17 heavy (non-hydrogen) atoms. The lowest BCUT2D eigenvalue weighted by atomic mass is 10.3. The van der Waals surface area contributed by atoms with E-state index in [0.29, 0.717) is 20.2 Å². The lowest BCUT2D eigenvalue weighted by Crippen LogP contribution is -1.93. The molecule has 2 aromatic rings. The van der Waals surface area contributed by atoms with Crippen LogP contribution in [-0.2, 0) is 0 Å². The van der Waals surface area contributed by atoms with E-state index in [0.717, 1.165) is 5.56 Å². The third-order valence-corrected chi connectivity index (χ3v) is 3.59. The maximum atomic E-state index is 13.4. The van der Waals surface area contributed by atoms with Crippen LogP contribution in [0.5, 0.6) is 0 Å². The summed E-state index contributed by atoms with van der Waals surface area (Å²) in [4.78, 5) is 8.86. The molecule has 0 aliphatic rings. The van der Waals surface area contributed by atoms with Crippen LogP contribution in [0.1, 0.15) is 5.56 Å². The molecule has 1 heterocycles. The number of benzene rings is 1. The molecule has 2 N–H and O–H groups in total. The number of rotatable bonds is 2. The van der Waals surface area contributed by atoms with Crippen molar-refractivity contribution in [2.45, 2.75) is 17.0 Å². The normalized spacial score (nSPS) is 10.5. The lowest BCUT2D eigenvalue weighted by Gasteiger charge is -2.05. The summed E-state index contributed by atoms with van der Waals surface area (Å²) in [6.45, 7) is 1.90. The molecule has 0 amide bonds. The largest absolute Gasteiger partial charge is 0.398 e. The number of nitrogens with zero attached hydrogens (tertiary/aromatic N) is 2. The van der Waals surface area contributed by atoms with Crippen molar-refractivity contribution >= 4 is 33.4 Å². The Hall–Kier alpha value is -1.14. The van der Waals surface area contributed by atoms with Crippen LogP contribution >= 0.6 is 27.7 Å². The van der Waals surface area contributed by atoms with Gasteiger partial charge in [0.15, 0.2) is 5.16 Å². The fourth-order valence-electron chi connectivity index (χ4n) is 1.16. The molecule has 3 nitrogen and oxygen atoms in total. The Morgan fingerprint density at radius 2 is 1.94 bits per heavy atom. The van der Waals surface area contributed by atoms with E-state index in [1.54, 1.807) is 12.4 Å². The van der Waals surface area contributed by atoms with Gasteiger partial charge in [-0.1, -0.05) is 0 Å². The van der Waals surface area contributed by atoms with Crippen molar-refractivity contribution in [3.05, 3.63) is 40.4 Å². The second kappa shape index (κ2) is 5.01. The van der Waals surface area contributed by atoms with Crippen molar-refractivity contribution < 1.29 is 4.39 Å². The number of nitrogen functional groups attached to an aromatic ring is 1. The molecular weight excluding hydrogens is 305 g/mol. The Bertz CT molecular complexity index is 545. The highest BCUT2D eigenvalue weighted by Crippen LogP contribution is 2.33. The summed E-state index contributed by atoms with van der Waals surface area (Å²) in [6.07, 6.45) is 3.42. The summed E-state index contributed by atoms with van der Waals surface area (Å²) in [7, 11) is 0. The predicted molar refractivity (Wildman–Crippen MR) is 69.4 cm³/mol. The summed E-state index contributed by atoms with van der Waals surface area (Å²) in [5.74, 6) is -0.353. The highest BCUT2D eigenvalue weighted by Gasteiger charge is 2.08. The van der Waals surface area contributed by atoms with Crippen LogP contribution < -0.4 is 5.73 Å². The Balaban J connectivity index is 2.30. The van der Waals surface area contributed by atoms with Gasteiger partial charge in [0, 0.05) is 23.0 Å². The average Bonchev–Trinajstić information content (AvgIpc) is 2.29. The van der Waals surface area contributed by atoms with Gasteiger partial charge in [0.05, 0.1) is 4.47 Å². The minimum Gasteiger partial charge on any atom is -0.398 e. The van der Waals surface area contributed by atoms with Crippen molar-refractivity contribution in [3.63, 3.8) is 0 Å². The molecule has 0 saturated heterocycles. The van der Waals surface area contributed by atoms with Crippen molar-refractivity contribution in [3.8, 4) is 0 Å².